The maximum absolute atomic E-state index is 11.0. The van der Waals surface area contributed by atoms with Crippen LogP contribution in [0.5, 0.6) is 5.75 Å². The van der Waals surface area contributed by atoms with Crippen molar-refractivity contribution in [2.45, 2.75) is 6.92 Å². The molecule has 0 aliphatic carbocycles. The topological polar surface area (TPSA) is 35.5 Å². The molecule has 0 fully saturated rings. The summed E-state index contributed by atoms with van der Waals surface area (Å²) in [5.74, 6) is 0.418. The van der Waals surface area contributed by atoms with Gasteiger partial charge in [0.2, 0.25) is 0 Å². The molecule has 0 aromatic heterocycles. The summed E-state index contributed by atoms with van der Waals surface area (Å²) in [5, 5.41) is 0. The van der Waals surface area contributed by atoms with Crippen LogP contribution in [-0.2, 0) is 9.53 Å². The minimum Gasteiger partial charge on any atom is -0.493 e. The number of esters is 1. The van der Waals surface area contributed by atoms with Crippen LogP contribution in [0.1, 0.15) is 6.92 Å². The van der Waals surface area contributed by atoms with Crippen molar-refractivity contribution in [3.63, 3.8) is 0 Å². The number of ether oxygens (including phenoxy) is 2. The third-order valence-corrected chi connectivity index (χ3v) is 1.79. The number of carbonyl (C=O) groups is 1. The standard InChI is InChI=1S/C13H15O3/c1-11(2)13(14)16-10-6-9-15-12-7-4-3-5-8-12/h3-8H,1,9-10H2,2H3. The summed E-state index contributed by atoms with van der Waals surface area (Å²) in [4.78, 5) is 11.0. The maximum atomic E-state index is 11.0. The predicted molar refractivity (Wildman–Crippen MR) is 62.0 cm³/mol. The van der Waals surface area contributed by atoms with Gasteiger partial charge in [0.1, 0.15) is 5.75 Å². The van der Waals surface area contributed by atoms with Crippen LogP contribution < -0.4 is 4.74 Å². The van der Waals surface area contributed by atoms with E-state index in [9.17, 15) is 4.79 Å². The number of benzene rings is 1. The van der Waals surface area contributed by atoms with Crippen molar-refractivity contribution in [1.82, 2.24) is 0 Å². The number of para-hydroxylation sites is 1. The largest absolute Gasteiger partial charge is 0.493 e. The minimum absolute atomic E-state index is 0.235. The second-order valence-corrected chi connectivity index (χ2v) is 3.29. The minimum atomic E-state index is -0.379. The van der Waals surface area contributed by atoms with Crippen LogP contribution in [0.15, 0.2) is 42.5 Å². The molecule has 1 rings (SSSR count). The third kappa shape index (κ3) is 4.64. The summed E-state index contributed by atoms with van der Waals surface area (Å²) in [7, 11) is 0. The molecule has 1 radical (unpaired) electrons. The molecule has 0 atom stereocenters. The lowest BCUT2D eigenvalue weighted by Gasteiger charge is -2.06. The Morgan fingerprint density at radius 3 is 2.62 bits per heavy atom. The van der Waals surface area contributed by atoms with E-state index in [0.717, 1.165) is 5.75 Å². The van der Waals surface area contributed by atoms with Crippen LogP contribution in [0.4, 0.5) is 0 Å². The summed E-state index contributed by atoms with van der Waals surface area (Å²) in [6.07, 6.45) is 1.74. The molecule has 16 heavy (non-hydrogen) atoms. The van der Waals surface area contributed by atoms with E-state index < -0.39 is 0 Å². The quantitative estimate of drug-likeness (QED) is 0.418. The Morgan fingerprint density at radius 1 is 1.31 bits per heavy atom. The fourth-order valence-corrected chi connectivity index (χ4v) is 0.978. The van der Waals surface area contributed by atoms with Gasteiger partial charge in [-0.25, -0.2) is 4.79 Å². The highest BCUT2D eigenvalue weighted by Crippen LogP contribution is 2.08. The van der Waals surface area contributed by atoms with Gasteiger partial charge in [0.15, 0.2) is 0 Å². The molecule has 1 aromatic rings. The first kappa shape index (κ1) is 12.3. The highest BCUT2D eigenvalue weighted by atomic mass is 16.5. The Hall–Kier alpha value is -1.77. The van der Waals surface area contributed by atoms with Gasteiger partial charge >= 0.3 is 5.97 Å². The van der Waals surface area contributed by atoms with Crippen LogP contribution in [0.25, 0.3) is 0 Å². The van der Waals surface area contributed by atoms with Gasteiger partial charge in [-0.15, -0.1) is 0 Å². The monoisotopic (exact) mass is 219 g/mol. The smallest absolute Gasteiger partial charge is 0.333 e. The zero-order valence-corrected chi connectivity index (χ0v) is 9.31. The van der Waals surface area contributed by atoms with E-state index in [1.807, 2.05) is 30.3 Å². The number of hydrogen-bond acceptors (Lipinski definition) is 3. The average molecular weight is 219 g/mol. The van der Waals surface area contributed by atoms with Crippen LogP contribution >= 0.6 is 0 Å². The molecule has 0 amide bonds. The second-order valence-electron chi connectivity index (χ2n) is 3.29. The van der Waals surface area contributed by atoms with Crippen molar-refractivity contribution in [2.24, 2.45) is 0 Å². The predicted octanol–water partition coefficient (Wildman–Crippen LogP) is 2.39. The van der Waals surface area contributed by atoms with Crippen molar-refractivity contribution in [2.75, 3.05) is 13.2 Å². The normalized spacial score (nSPS) is 9.56. The molecule has 0 aliphatic rings. The van der Waals surface area contributed by atoms with Gasteiger partial charge in [0.25, 0.3) is 0 Å². The SMILES string of the molecule is C=C(C)C(=O)OC[CH]COc1ccccc1. The lowest BCUT2D eigenvalue weighted by Crippen LogP contribution is -2.09. The Labute approximate surface area is 95.7 Å². The van der Waals surface area contributed by atoms with Crippen LogP contribution in [0.3, 0.4) is 0 Å². The zero-order valence-electron chi connectivity index (χ0n) is 9.31. The Balaban J connectivity index is 2.09. The van der Waals surface area contributed by atoms with Crippen molar-refractivity contribution in [3.8, 4) is 5.75 Å². The first-order valence-electron chi connectivity index (χ1n) is 5.02. The summed E-state index contributed by atoms with van der Waals surface area (Å²) >= 11 is 0. The van der Waals surface area contributed by atoms with E-state index in [1.165, 1.54) is 0 Å². The highest BCUT2D eigenvalue weighted by Gasteiger charge is 2.02. The molecule has 0 saturated carbocycles. The van der Waals surface area contributed by atoms with Gasteiger partial charge in [-0.05, 0) is 19.1 Å². The first-order valence-corrected chi connectivity index (χ1v) is 5.02. The van der Waals surface area contributed by atoms with E-state index in [-0.39, 0.29) is 12.6 Å². The Kier molecular flexibility index (Phi) is 5.12. The van der Waals surface area contributed by atoms with E-state index in [1.54, 1.807) is 13.3 Å². The lowest BCUT2D eigenvalue weighted by molar-refractivity contribution is -0.138. The molecule has 3 nitrogen and oxygen atoms in total. The summed E-state index contributed by atoms with van der Waals surface area (Å²) < 4.78 is 10.2. The highest BCUT2D eigenvalue weighted by molar-refractivity contribution is 5.86. The van der Waals surface area contributed by atoms with E-state index in [0.29, 0.717) is 12.2 Å². The molecule has 0 heterocycles. The van der Waals surface area contributed by atoms with Crippen molar-refractivity contribution >= 4 is 5.97 Å². The van der Waals surface area contributed by atoms with E-state index in [2.05, 4.69) is 6.58 Å². The van der Waals surface area contributed by atoms with Gasteiger partial charge in [-0.3, -0.25) is 0 Å². The average Bonchev–Trinajstić information content (AvgIpc) is 2.29. The van der Waals surface area contributed by atoms with E-state index in [4.69, 9.17) is 9.47 Å². The second kappa shape index (κ2) is 6.67. The molecule has 0 unspecified atom stereocenters. The first-order chi connectivity index (χ1) is 7.70. The molecule has 85 valence electrons. The number of rotatable bonds is 6. The molecular formula is C13H15O3. The van der Waals surface area contributed by atoms with Crippen LogP contribution in [0, 0.1) is 6.42 Å². The van der Waals surface area contributed by atoms with Crippen molar-refractivity contribution < 1.29 is 14.3 Å². The molecule has 0 bridgehead atoms. The summed E-state index contributed by atoms with van der Waals surface area (Å²) in [5.41, 5.74) is 0.400. The molecule has 0 spiro atoms. The molecule has 0 N–H and O–H groups in total. The van der Waals surface area contributed by atoms with Crippen LogP contribution in [-0.4, -0.2) is 19.2 Å². The van der Waals surface area contributed by atoms with Crippen LogP contribution in [0.2, 0.25) is 0 Å². The maximum Gasteiger partial charge on any atom is 0.333 e. The lowest BCUT2D eigenvalue weighted by atomic mass is 10.3. The number of carbonyl (C=O) groups excluding carboxylic acids is 1. The van der Waals surface area contributed by atoms with Gasteiger partial charge in [0.05, 0.1) is 13.2 Å². The molecule has 3 heteroatoms. The Bertz CT molecular complexity index is 343. The fraction of sp³-hybridized carbons (Fsp3) is 0.231. The fourth-order valence-electron chi connectivity index (χ4n) is 0.978. The summed E-state index contributed by atoms with van der Waals surface area (Å²) in [6, 6.07) is 9.46. The van der Waals surface area contributed by atoms with Gasteiger partial charge in [0, 0.05) is 12.0 Å². The molecular weight excluding hydrogens is 204 g/mol. The summed E-state index contributed by atoms with van der Waals surface area (Å²) in [6.45, 7) is 5.74. The van der Waals surface area contributed by atoms with Crippen molar-refractivity contribution in [1.29, 1.82) is 0 Å². The van der Waals surface area contributed by atoms with E-state index >= 15 is 0 Å². The van der Waals surface area contributed by atoms with Gasteiger partial charge < -0.3 is 9.47 Å². The Morgan fingerprint density at radius 2 is 2.00 bits per heavy atom. The molecule has 0 saturated heterocycles. The number of hydrogen-bond donors (Lipinski definition) is 0. The molecule has 0 aliphatic heterocycles. The molecule has 1 aromatic carbocycles. The third-order valence-electron chi connectivity index (χ3n) is 1.79. The van der Waals surface area contributed by atoms with Gasteiger partial charge in [-0.2, -0.15) is 0 Å². The zero-order chi connectivity index (χ0) is 11.8. The van der Waals surface area contributed by atoms with Crippen molar-refractivity contribution in [3.05, 3.63) is 48.9 Å². The van der Waals surface area contributed by atoms with Gasteiger partial charge in [-0.1, -0.05) is 24.8 Å².